The first-order valence-corrected chi connectivity index (χ1v) is 9.36. The van der Waals surface area contributed by atoms with Gasteiger partial charge in [0.1, 0.15) is 11.4 Å². The maximum Gasteiger partial charge on any atom is 0.205 e. The molecule has 2 aliphatic heterocycles. The van der Waals surface area contributed by atoms with Crippen LogP contribution >= 0.6 is 11.6 Å². The summed E-state index contributed by atoms with van der Waals surface area (Å²) < 4.78 is 6.71. The Bertz CT molecular complexity index is 1010. The number of aliphatic imine (C=N–C) groups is 1. The van der Waals surface area contributed by atoms with Gasteiger partial charge in [-0.05, 0) is 24.6 Å². The molecule has 1 fully saturated rings. The highest BCUT2D eigenvalue weighted by Crippen LogP contribution is 2.56. The minimum absolute atomic E-state index is 0.190. The Morgan fingerprint density at radius 1 is 1.15 bits per heavy atom. The Kier molecular flexibility index (Phi) is 3.23. The molecule has 26 heavy (non-hydrogen) atoms. The molecule has 5 rings (SSSR count). The van der Waals surface area contributed by atoms with Gasteiger partial charge in [-0.3, -0.25) is 9.89 Å². The van der Waals surface area contributed by atoms with Gasteiger partial charge in [0.05, 0.1) is 6.21 Å². The Hall–Kier alpha value is -2.10. The van der Waals surface area contributed by atoms with E-state index in [0.717, 1.165) is 21.9 Å². The van der Waals surface area contributed by atoms with Gasteiger partial charge in [0, 0.05) is 27.8 Å². The molecule has 4 heteroatoms. The largest absolute Gasteiger partial charge is 0.464 e. The molecule has 1 aliphatic carbocycles. The Balaban J connectivity index is 1.67. The molecule has 1 spiro atoms. The number of ether oxygens (including phenoxy) is 1. The van der Waals surface area contributed by atoms with E-state index in [1.165, 1.54) is 5.39 Å². The van der Waals surface area contributed by atoms with Crippen molar-refractivity contribution in [2.24, 2.45) is 16.3 Å². The number of likely N-dealkylation sites (N-methyl/N-ethyl adjacent to an activating group) is 1. The summed E-state index contributed by atoms with van der Waals surface area (Å²) in [5.41, 5.74) is 0.113. The maximum atomic E-state index is 6.71. The van der Waals surface area contributed by atoms with E-state index < -0.39 is 5.72 Å². The van der Waals surface area contributed by atoms with Crippen LogP contribution in [-0.4, -0.2) is 29.9 Å². The number of halogens is 1. The van der Waals surface area contributed by atoms with Crippen LogP contribution in [0.15, 0.2) is 64.7 Å². The highest BCUT2D eigenvalue weighted by molar-refractivity contribution is 6.31. The molecule has 2 heterocycles. The van der Waals surface area contributed by atoms with Crippen LogP contribution in [-0.2, 0) is 0 Å². The lowest BCUT2D eigenvalue weighted by atomic mass is 9.71. The smallest absolute Gasteiger partial charge is 0.205 e. The average Bonchev–Trinajstić information content (AvgIpc) is 2.80. The summed E-state index contributed by atoms with van der Waals surface area (Å²) in [4.78, 5) is 7.20. The molecule has 0 bridgehead atoms. The van der Waals surface area contributed by atoms with Crippen molar-refractivity contribution in [3.8, 4) is 5.75 Å². The number of rotatable bonds is 0. The van der Waals surface area contributed by atoms with Gasteiger partial charge >= 0.3 is 0 Å². The second-order valence-corrected chi connectivity index (χ2v) is 8.39. The quantitative estimate of drug-likeness (QED) is 0.635. The summed E-state index contributed by atoms with van der Waals surface area (Å²) >= 11 is 6.31. The van der Waals surface area contributed by atoms with E-state index in [9.17, 15) is 0 Å². The van der Waals surface area contributed by atoms with Crippen LogP contribution in [0.1, 0.15) is 13.8 Å². The molecular weight excluding hydrogens is 344 g/mol. The molecule has 0 aromatic heterocycles. The zero-order valence-corrected chi connectivity index (χ0v) is 15.9. The van der Waals surface area contributed by atoms with Crippen molar-refractivity contribution in [3.05, 3.63) is 59.7 Å². The van der Waals surface area contributed by atoms with Crippen LogP contribution in [0.4, 0.5) is 5.69 Å². The lowest BCUT2D eigenvalue weighted by molar-refractivity contribution is -0.0526. The molecule has 3 aliphatic rings. The van der Waals surface area contributed by atoms with Gasteiger partial charge in [0.15, 0.2) is 0 Å². The molecule has 3 atom stereocenters. The molecule has 2 aromatic carbocycles. The molecule has 3 nitrogen and oxygen atoms in total. The van der Waals surface area contributed by atoms with E-state index in [4.69, 9.17) is 21.3 Å². The summed E-state index contributed by atoms with van der Waals surface area (Å²) in [6.07, 6.45) is 8.31. The standard InChI is InChI=1S/C22H21ClN2O/c1-21(2)17-12-15(23)9-10-18(17)25(3)22(21)13-24-20-16-7-5-4-6-14(16)8-11-19(20)26-22/h4-13,17-18H,1-3H3. The number of hydrogen-bond acceptors (Lipinski definition) is 3. The maximum absolute atomic E-state index is 6.71. The third-order valence-electron chi connectivity index (χ3n) is 6.38. The lowest BCUT2D eigenvalue weighted by Gasteiger charge is -2.45. The zero-order chi connectivity index (χ0) is 18.1. The second kappa shape index (κ2) is 5.21. The van der Waals surface area contributed by atoms with Gasteiger partial charge in [-0.1, -0.05) is 67.9 Å². The summed E-state index contributed by atoms with van der Waals surface area (Å²) in [5, 5.41) is 3.09. The van der Waals surface area contributed by atoms with Crippen molar-refractivity contribution < 1.29 is 4.74 Å². The van der Waals surface area contributed by atoms with Crippen LogP contribution in [0.5, 0.6) is 5.75 Å². The van der Waals surface area contributed by atoms with E-state index in [2.05, 4.69) is 56.1 Å². The molecule has 0 N–H and O–H groups in total. The van der Waals surface area contributed by atoms with Gasteiger partial charge in [0.25, 0.3) is 0 Å². The van der Waals surface area contributed by atoms with E-state index in [1.807, 2.05) is 30.5 Å². The van der Waals surface area contributed by atoms with Crippen LogP contribution in [0.3, 0.4) is 0 Å². The molecule has 0 radical (unpaired) electrons. The van der Waals surface area contributed by atoms with E-state index in [0.29, 0.717) is 0 Å². The molecular formula is C22H21ClN2O. The van der Waals surface area contributed by atoms with Gasteiger partial charge in [0.2, 0.25) is 5.72 Å². The Morgan fingerprint density at radius 2 is 1.96 bits per heavy atom. The lowest BCUT2D eigenvalue weighted by Crippen LogP contribution is -2.58. The fourth-order valence-electron chi connectivity index (χ4n) is 4.81. The first-order valence-electron chi connectivity index (χ1n) is 8.98. The second-order valence-electron chi connectivity index (χ2n) is 7.95. The molecule has 3 unspecified atom stereocenters. The molecule has 0 saturated carbocycles. The Morgan fingerprint density at radius 3 is 2.81 bits per heavy atom. The highest BCUT2D eigenvalue weighted by atomic mass is 35.5. The van der Waals surface area contributed by atoms with Crippen molar-refractivity contribution in [2.45, 2.75) is 25.6 Å². The predicted molar refractivity (Wildman–Crippen MR) is 107 cm³/mol. The van der Waals surface area contributed by atoms with Crippen molar-refractivity contribution >= 4 is 34.3 Å². The topological polar surface area (TPSA) is 24.8 Å². The van der Waals surface area contributed by atoms with Gasteiger partial charge in [-0.2, -0.15) is 0 Å². The SMILES string of the molecule is CN1C2C=CC(Cl)=CC2C(C)(C)C12C=Nc1c(ccc3ccccc13)O2. The predicted octanol–water partition coefficient (Wildman–Crippen LogP) is 5.28. The number of nitrogens with zero attached hydrogens (tertiary/aromatic N) is 2. The Labute approximate surface area is 158 Å². The van der Waals surface area contributed by atoms with Crippen molar-refractivity contribution in [1.29, 1.82) is 0 Å². The molecule has 132 valence electrons. The van der Waals surface area contributed by atoms with E-state index >= 15 is 0 Å². The first kappa shape index (κ1) is 16.1. The van der Waals surface area contributed by atoms with Gasteiger partial charge in [-0.25, -0.2) is 0 Å². The number of allylic oxidation sites excluding steroid dienone is 2. The van der Waals surface area contributed by atoms with Crippen LogP contribution in [0, 0.1) is 11.3 Å². The van der Waals surface area contributed by atoms with Gasteiger partial charge in [-0.15, -0.1) is 0 Å². The minimum atomic E-state index is -0.611. The van der Waals surface area contributed by atoms with E-state index in [1.54, 1.807) is 0 Å². The molecule has 2 aromatic rings. The number of likely N-dealkylation sites (tertiary alicyclic amines) is 1. The van der Waals surface area contributed by atoms with Crippen molar-refractivity contribution in [1.82, 2.24) is 4.90 Å². The summed E-state index contributed by atoms with van der Waals surface area (Å²) in [7, 11) is 2.11. The highest BCUT2D eigenvalue weighted by Gasteiger charge is 2.64. The fourth-order valence-corrected chi connectivity index (χ4v) is 5.02. The number of benzene rings is 2. The third kappa shape index (κ3) is 1.90. The number of fused-ring (bicyclic) bond motifs is 4. The van der Waals surface area contributed by atoms with Crippen LogP contribution < -0.4 is 4.74 Å². The van der Waals surface area contributed by atoms with E-state index in [-0.39, 0.29) is 17.4 Å². The minimum Gasteiger partial charge on any atom is -0.464 e. The van der Waals surface area contributed by atoms with Crippen molar-refractivity contribution in [3.63, 3.8) is 0 Å². The third-order valence-corrected chi connectivity index (χ3v) is 6.64. The van der Waals surface area contributed by atoms with Crippen LogP contribution in [0.25, 0.3) is 10.8 Å². The summed E-state index contributed by atoms with van der Waals surface area (Å²) in [6, 6.07) is 12.7. The summed E-state index contributed by atoms with van der Waals surface area (Å²) in [6.45, 7) is 4.48. The summed E-state index contributed by atoms with van der Waals surface area (Å²) in [5.74, 6) is 1.10. The zero-order valence-electron chi connectivity index (χ0n) is 15.1. The van der Waals surface area contributed by atoms with Crippen LogP contribution in [0.2, 0.25) is 0 Å². The van der Waals surface area contributed by atoms with Gasteiger partial charge < -0.3 is 4.74 Å². The van der Waals surface area contributed by atoms with Crippen molar-refractivity contribution in [2.75, 3.05) is 7.05 Å². The molecule has 1 saturated heterocycles. The normalized spacial score (nSPS) is 31.6. The average molecular weight is 365 g/mol. The number of hydrogen-bond donors (Lipinski definition) is 0. The first-order chi connectivity index (χ1) is 12.4. The molecule has 0 amide bonds. The fraction of sp³-hybridized carbons (Fsp3) is 0.318. The monoisotopic (exact) mass is 364 g/mol.